The number of methoxy groups -OCH3 is 1. The lowest BCUT2D eigenvalue weighted by atomic mass is 10.0. The highest BCUT2D eigenvalue weighted by Crippen LogP contribution is 2.31. The molecule has 0 amide bonds. The van der Waals surface area contributed by atoms with Crippen molar-refractivity contribution >= 4 is 11.6 Å². The molecule has 0 bridgehead atoms. The van der Waals surface area contributed by atoms with Crippen LogP contribution < -0.4 is 16.0 Å². The molecule has 19 heavy (non-hydrogen) atoms. The molecule has 1 aromatic carbocycles. The first-order valence-electron chi connectivity index (χ1n) is 5.55. The van der Waals surface area contributed by atoms with E-state index in [1.807, 2.05) is 0 Å². The SMILES string of the molecule is COc1cnn(C)c1C(NN)c1cc(Cl)ccc1F. The molecule has 1 aromatic heterocycles. The van der Waals surface area contributed by atoms with Crippen LogP contribution in [0.5, 0.6) is 5.75 Å². The van der Waals surface area contributed by atoms with E-state index in [1.54, 1.807) is 17.9 Å². The minimum Gasteiger partial charge on any atom is -0.493 e. The Hall–Kier alpha value is -1.63. The number of aromatic nitrogens is 2. The third-order valence-electron chi connectivity index (χ3n) is 2.88. The summed E-state index contributed by atoms with van der Waals surface area (Å²) in [7, 11) is 3.24. The standard InChI is InChI=1S/C12H14ClFN4O/c1-18-12(10(19-2)6-16-18)11(17-15)8-5-7(13)3-4-9(8)14/h3-6,11,17H,15H2,1-2H3. The van der Waals surface area contributed by atoms with E-state index in [2.05, 4.69) is 10.5 Å². The number of nitrogens with two attached hydrogens (primary N) is 1. The average molecular weight is 285 g/mol. The number of nitrogens with zero attached hydrogens (tertiary/aromatic N) is 2. The molecule has 1 unspecified atom stereocenters. The second-order valence-electron chi connectivity index (χ2n) is 3.99. The number of aryl methyl sites for hydroxylation is 1. The summed E-state index contributed by atoms with van der Waals surface area (Å²) >= 11 is 5.90. The average Bonchev–Trinajstić information content (AvgIpc) is 2.76. The summed E-state index contributed by atoms with van der Waals surface area (Å²) < 4.78 is 20.7. The minimum absolute atomic E-state index is 0.330. The molecule has 0 aliphatic heterocycles. The van der Waals surface area contributed by atoms with Crippen molar-refractivity contribution in [2.24, 2.45) is 12.9 Å². The summed E-state index contributed by atoms with van der Waals surface area (Å²) in [5.41, 5.74) is 3.51. The van der Waals surface area contributed by atoms with Crippen LogP contribution in [0.1, 0.15) is 17.3 Å². The van der Waals surface area contributed by atoms with Crippen molar-refractivity contribution < 1.29 is 9.13 Å². The van der Waals surface area contributed by atoms with Crippen LogP contribution in [0.2, 0.25) is 5.02 Å². The zero-order valence-electron chi connectivity index (χ0n) is 10.5. The maximum atomic E-state index is 13.9. The highest BCUT2D eigenvalue weighted by atomic mass is 35.5. The largest absolute Gasteiger partial charge is 0.493 e. The molecule has 0 spiro atoms. The molecule has 0 saturated carbocycles. The van der Waals surface area contributed by atoms with E-state index >= 15 is 0 Å². The van der Waals surface area contributed by atoms with Crippen molar-refractivity contribution in [1.29, 1.82) is 0 Å². The Kier molecular flexibility index (Phi) is 4.04. The molecule has 0 radical (unpaired) electrons. The summed E-state index contributed by atoms with van der Waals surface area (Å²) in [5.74, 6) is 5.66. The minimum atomic E-state index is -0.610. The van der Waals surface area contributed by atoms with Gasteiger partial charge >= 0.3 is 0 Å². The topological polar surface area (TPSA) is 65.1 Å². The van der Waals surface area contributed by atoms with Crippen LogP contribution in [0.3, 0.4) is 0 Å². The molecule has 0 aliphatic carbocycles. The summed E-state index contributed by atoms with van der Waals surface area (Å²) in [6, 6.07) is 3.69. The molecular formula is C12H14ClFN4O. The van der Waals surface area contributed by atoms with Crippen LogP contribution in [0, 0.1) is 5.82 Å². The fourth-order valence-electron chi connectivity index (χ4n) is 1.97. The Morgan fingerprint density at radius 3 is 2.89 bits per heavy atom. The van der Waals surface area contributed by atoms with Gasteiger partial charge in [0.05, 0.1) is 19.3 Å². The number of halogens is 2. The first kappa shape index (κ1) is 13.8. The number of hydrogen-bond acceptors (Lipinski definition) is 4. The Morgan fingerprint density at radius 1 is 1.53 bits per heavy atom. The molecule has 0 saturated heterocycles. The Labute approximate surface area is 115 Å². The van der Waals surface area contributed by atoms with Crippen LogP contribution in [0.15, 0.2) is 24.4 Å². The lowest BCUT2D eigenvalue weighted by Crippen LogP contribution is -2.31. The Balaban J connectivity index is 2.56. The zero-order valence-corrected chi connectivity index (χ0v) is 11.3. The first-order chi connectivity index (χ1) is 9.08. The number of hydrazine groups is 1. The predicted molar refractivity (Wildman–Crippen MR) is 70.3 cm³/mol. The van der Waals surface area contributed by atoms with E-state index in [9.17, 15) is 4.39 Å². The molecule has 0 fully saturated rings. The molecule has 3 N–H and O–H groups in total. The van der Waals surface area contributed by atoms with Gasteiger partial charge in [0.1, 0.15) is 11.5 Å². The van der Waals surface area contributed by atoms with Gasteiger partial charge in [-0.3, -0.25) is 10.5 Å². The lowest BCUT2D eigenvalue weighted by molar-refractivity contribution is 0.400. The highest BCUT2D eigenvalue weighted by Gasteiger charge is 2.24. The van der Waals surface area contributed by atoms with Crippen LogP contribution in [-0.4, -0.2) is 16.9 Å². The predicted octanol–water partition coefficient (Wildman–Crippen LogP) is 1.77. The van der Waals surface area contributed by atoms with Crippen LogP contribution in [0.25, 0.3) is 0 Å². The molecule has 0 aliphatic rings. The number of hydrogen-bond donors (Lipinski definition) is 2. The lowest BCUT2D eigenvalue weighted by Gasteiger charge is -2.19. The number of rotatable bonds is 4. The van der Waals surface area contributed by atoms with E-state index in [0.29, 0.717) is 22.0 Å². The maximum Gasteiger partial charge on any atom is 0.161 e. The molecular weight excluding hydrogens is 271 g/mol. The maximum absolute atomic E-state index is 13.9. The second-order valence-corrected chi connectivity index (χ2v) is 4.42. The third kappa shape index (κ3) is 2.56. The monoisotopic (exact) mass is 284 g/mol. The van der Waals surface area contributed by atoms with Crippen molar-refractivity contribution in [1.82, 2.24) is 15.2 Å². The van der Waals surface area contributed by atoms with Gasteiger partial charge in [-0.15, -0.1) is 0 Å². The van der Waals surface area contributed by atoms with E-state index in [-0.39, 0.29) is 0 Å². The van der Waals surface area contributed by atoms with Crippen molar-refractivity contribution in [3.63, 3.8) is 0 Å². The van der Waals surface area contributed by atoms with Gasteiger partial charge < -0.3 is 4.74 Å². The number of nitrogens with one attached hydrogen (secondary N) is 1. The summed E-state index contributed by atoms with van der Waals surface area (Å²) in [6.07, 6.45) is 1.54. The van der Waals surface area contributed by atoms with Crippen molar-refractivity contribution in [2.75, 3.05) is 7.11 Å². The summed E-state index contributed by atoms with van der Waals surface area (Å²) in [5, 5.41) is 4.50. The van der Waals surface area contributed by atoms with Crippen molar-refractivity contribution in [2.45, 2.75) is 6.04 Å². The molecule has 2 rings (SSSR count). The number of ether oxygens (including phenoxy) is 1. The normalized spacial score (nSPS) is 12.5. The quantitative estimate of drug-likeness (QED) is 0.663. The van der Waals surface area contributed by atoms with Gasteiger partial charge in [-0.2, -0.15) is 5.10 Å². The van der Waals surface area contributed by atoms with Gasteiger partial charge in [-0.05, 0) is 18.2 Å². The van der Waals surface area contributed by atoms with Gasteiger partial charge in [0.25, 0.3) is 0 Å². The zero-order chi connectivity index (χ0) is 14.0. The van der Waals surface area contributed by atoms with Gasteiger partial charge in [-0.25, -0.2) is 9.82 Å². The third-order valence-corrected chi connectivity index (χ3v) is 3.11. The van der Waals surface area contributed by atoms with E-state index < -0.39 is 11.9 Å². The van der Waals surface area contributed by atoms with E-state index in [4.69, 9.17) is 22.2 Å². The Bertz CT molecular complexity index is 587. The van der Waals surface area contributed by atoms with Gasteiger partial charge in [0, 0.05) is 17.6 Å². The molecule has 5 nitrogen and oxygen atoms in total. The van der Waals surface area contributed by atoms with E-state index in [1.165, 1.54) is 25.3 Å². The molecule has 1 atom stereocenters. The first-order valence-corrected chi connectivity index (χ1v) is 5.93. The van der Waals surface area contributed by atoms with Crippen molar-refractivity contribution in [3.8, 4) is 5.75 Å². The molecule has 102 valence electrons. The summed E-state index contributed by atoms with van der Waals surface area (Å²) in [4.78, 5) is 0. The molecule has 7 heteroatoms. The summed E-state index contributed by atoms with van der Waals surface area (Å²) in [6.45, 7) is 0. The van der Waals surface area contributed by atoms with Crippen LogP contribution in [-0.2, 0) is 7.05 Å². The Morgan fingerprint density at radius 2 is 2.26 bits per heavy atom. The second kappa shape index (κ2) is 5.56. The smallest absolute Gasteiger partial charge is 0.161 e. The molecule has 2 aromatic rings. The van der Waals surface area contributed by atoms with Gasteiger partial charge in [-0.1, -0.05) is 11.6 Å². The van der Waals surface area contributed by atoms with Gasteiger partial charge in [0.2, 0.25) is 0 Å². The van der Waals surface area contributed by atoms with Gasteiger partial charge in [0.15, 0.2) is 5.75 Å². The van der Waals surface area contributed by atoms with Crippen molar-refractivity contribution in [3.05, 3.63) is 46.5 Å². The van der Waals surface area contributed by atoms with Crippen LogP contribution >= 0.6 is 11.6 Å². The fraction of sp³-hybridized carbons (Fsp3) is 0.250. The highest BCUT2D eigenvalue weighted by molar-refractivity contribution is 6.30. The van der Waals surface area contributed by atoms with Crippen LogP contribution in [0.4, 0.5) is 4.39 Å². The number of benzene rings is 1. The fourth-order valence-corrected chi connectivity index (χ4v) is 2.15. The van der Waals surface area contributed by atoms with E-state index in [0.717, 1.165) is 0 Å². The molecule has 1 heterocycles.